The fourth-order valence-electron chi connectivity index (χ4n) is 2.55. The molecule has 1 N–H and O–H groups in total. The van der Waals surface area contributed by atoms with E-state index in [9.17, 15) is 9.59 Å². The van der Waals surface area contributed by atoms with Crippen molar-refractivity contribution in [2.45, 2.75) is 19.9 Å². The van der Waals surface area contributed by atoms with Gasteiger partial charge in [0.05, 0.1) is 16.3 Å². The third kappa shape index (κ3) is 3.69. The smallest absolute Gasteiger partial charge is 0.254 e. The highest BCUT2D eigenvalue weighted by atomic mass is 32.1. The minimum absolute atomic E-state index is 0.112. The average Bonchev–Trinajstić information content (AvgIpc) is 3.03. The number of para-hydroxylation sites is 1. The molecule has 0 radical (unpaired) electrons. The van der Waals surface area contributed by atoms with Crippen LogP contribution in [0.4, 0.5) is 5.69 Å². The lowest BCUT2D eigenvalue weighted by Crippen LogP contribution is -2.29. The predicted octanol–water partition coefficient (Wildman–Crippen LogP) is 4.09. The Morgan fingerprint density at radius 3 is 2.64 bits per heavy atom. The molecule has 0 spiro atoms. The molecular formula is C19H19N3O2S. The van der Waals surface area contributed by atoms with Gasteiger partial charge in [-0.2, -0.15) is 0 Å². The first kappa shape index (κ1) is 17.1. The highest BCUT2D eigenvalue weighted by Crippen LogP contribution is 2.29. The van der Waals surface area contributed by atoms with E-state index in [-0.39, 0.29) is 17.9 Å². The van der Waals surface area contributed by atoms with Crippen molar-refractivity contribution in [1.29, 1.82) is 0 Å². The fraction of sp³-hybridized carbons (Fsp3) is 0.211. The van der Waals surface area contributed by atoms with Gasteiger partial charge in [0.2, 0.25) is 5.91 Å². The molecule has 0 fully saturated rings. The Bertz CT molecular complexity index is 902. The zero-order valence-corrected chi connectivity index (χ0v) is 15.1. The van der Waals surface area contributed by atoms with Gasteiger partial charge in [-0.15, -0.1) is 11.3 Å². The highest BCUT2D eigenvalue weighted by molar-refractivity contribution is 7.18. The number of hydrogen-bond acceptors (Lipinski definition) is 4. The second-order valence-electron chi connectivity index (χ2n) is 5.87. The Kier molecular flexibility index (Phi) is 4.81. The quantitative estimate of drug-likeness (QED) is 0.768. The summed E-state index contributed by atoms with van der Waals surface area (Å²) >= 11 is 1.60. The Morgan fingerprint density at radius 1 is 1.16 bits per heavy atom. The first-order valence-corrected chi connectivity index (χ1v) is 8.77. The maximum Gasteiger partial charge on any atom is 0.254 e. The molecule has 1 aromatic heterocycles. The lowest BCUT2D eigenvalue weighted by molar-refractivity contribution is -0.114. The molecule has 0 aliphatic rings. The van der Waals surface area contributed by atoms with Gasteiger partial charge in [-0.25, -0.2) is 4.98 Å². The van der Waals surface area contributed by atoms with Gasteiger partial charge in [0.1, 0.15) is 5.01 Å². The topological polar surface area (TPSA) is 62.3 Å². The fourth-order valence-corrected chi connectivity index (χ4v) is 3.61. The number of carbonyl (C=O) groups is 2. The van der Waals surface area contributed by atoms with E-state index in [1.165, 1.54) is 6.92 Å². The summed E-state index contributed by atoms with van der Waals surface area (Å²) in [6, 6.07) is 14.7. The molecule has 2 aromatic carbocycles. The average molecular weight is 353 g/mol. The Morgan fingerprint density at radius 2 is 1.92 bits per heavy atom. The van der Waals surface area contributed by atoms with Crippen LogP contribution in [0.15, 0.2) is 48.5 Å². The second kappa shape index (κ2) is 7.03. The molecular weight excluding hydrogens is 334 g/mol. The normalized spacial score (nSPS) is 12.0. The number of fused-ring (bicyclic) bond motifs is 1. The summed E-state index contributed by atoms with van der Waals surface area (Å²) in [7, 11) is 1.77. The number of nitrogens with zero attached hydrogens (tertiary/aromatic N) is 2. The van der Waals surface area contributed by atoms with Gasteiger partial charge in [0, 0.05) is 25.2 Å². The van der Waals surface area contributed by atoms with Crippen molar-refractivity contribution < 1.29 is 9.59 Å². The van der Waals surface area contributed by atoms with Crippen molar-refractivity contribution in [2.75, 3.05) is 12.4 Å². The minimum Gasteiger partial charge on any atom is -0.333 e. The van der Waals surface area contributed by atoms with Gasteiger partial charge in [-0.05, 0) is 37.3 Å². The number of aromatic nitrogens is 1. The molecule has 0 saturated heterocycles. The number of rotatable bonds is 4. The lowest BCUT2D eigenvalue weighted by Gasteiger charge is -2.23. The van der Waals surface area contributed by atoms with Crippen LogP contribution in [0.3, 0.4) is 0 Å². The van der Waals surface area contributed by atoms with Crippen LogP contribution in [-0.2, 0) is 4.79 Å². The number of carbonyl (C=O) groups excluding carboxylic acids is 2. The molecule has 1 heterocycles. The zero-order chi connectivity index (χ0) is 18.0. The molecule has 3 aromatic rings. The summed E-state index contributed by atoms with van der Waals surface area (Å²) in [4.78, 5) is 30.3. The second-order valence-corrected chi connectivity index (χ2v) is 6.94. The largest absolute Gasteiger partial charge is 0.333 e. The van der Waals surface area contributed by atoms with Gasteiger partial charge < -0.3 is 10.2 Å². The third-order valence-electron chi connectivity index (χ3n) is 4.00. The van der Waals surface area contributed by atoms with Crippen LogP contribution >= 0.6 is 11.3 Å². The van der Waals surface area contributed by atoms with Gasteiger partial charge in [-0.3, -0.25) is 9.59 Å². The molecule has 5 nitrogen and oxygen atoms in total. The summed E-state index contributed by atoms with van der Waals surface area (Å²) in [6.45, 7) is 3.41. The Balaban J connectivity index is 1.82. The van der Waals surface area contributed by atoms with Crippen LogP contribution in [0.5, 0.6) is 0 Å². The van der Waals surface area contributed by atoms with Gasteiger partial charge in [-0.1, -0.05) is 18.2 Å². The summed E-state index contributed by atoms with van der Waals surface area (Å²) in [5.74, 6) is -0.278. The molecule has 0 saturated carbocycles. The molecule has 3 rings (SSSR count). The highest BCUT2D eigenvalue weighted by Gasteiger charge is 2.22. The molecule has 6 heteroatoms. The van der Waals surface area contributed by atoms with Crippen molar-refractivity contribution in [3.8, 4) is 0 Å². The van der Waals surface area contributed by atoms with Crippen molar-refractivity contribution >= 4 is 39.1 Å². The van der Waals surface area contributed by atoms with Crippen molar-refractivity contribution in [1.82, 2.24) is 9.88 Å². The maximum atomic E-state index is 12.8. The number of hydrogen-bond donors (Lipinski definition) is 1. The van der Waals surface area contributed by atoms with E-state index < -0.39 is 0 Å². The van der Waals surface area contributed by atoms with Gasteiger partial charge in [0.15, 0.2) is 0 Å². The number of anilines is 1. The summed E-state index contributed by atoms with van der Waals surface area (Å²) in [5, 5.41) is 3.60. The van der Waals surface area contributed by atoms with Crippen LogP contribution in [0.25, 0.3) is 10.2 Å². The molecule has 0 bridgehead atoms. The molecule has 25 heavy (non-hydrogen) atoms. The standard InChI is InChI=1S/C19H19N3O2S/c1-12(18-21-16-9-4-5-10-17(16)25-18)22(3)19(24)14-7-6-8-15(11-14)20-13(2)23/h4-12H,1-3H3,(H,20,23). The van der Waals surface area contributed by atoms with Crippen LogP contribution in [-0.4, -0.2) is 28.7 Å². The van der Waals surface area contributed by atoms with Crippen molar-refractivity contribution in [2.24, 2.45) is 0 Å². The summed E-state index contributed by atoms with van der Waals surface area (Å²) in [5.41, 5.74) is 2.09. The molecule has 2 amide bonds. The van der Waals surface area contributed by atoms with Crippen LogP contribution in [0.1, 0.15) is 35.3 Å². The van der Waals surface area contributed by atoms with Crippen molar-refractivity contribution in [3.63, 3.8) is 0 Å². The first-order valence-electron chi connectivity index (χ1n) is 7.96. The zero-order valence-electron chi connectivity index (χ0n) is 14.3. The number of benzene rings is 2. The molecule has 0 aliphatic heterocycles. The van der Waals surface area contributed by atoms with Gasteiger partial charge >= 0.3 is 0 Å². The monoisotopic (exact) mass is 353 g/mol. The lowest BCUT2D eigenvalue weighted by atomic mass is 10.1. The van der Waals surface area contributed by atoms with E-state index in [0.717, 1.165) is 15.2 Å². The predicted molar refractivity (Wildman–Crippen MR) is 101 cm³/mol. The van der Waals surface area contributed by atoms with E-state index in [1.54, 1.807) is 47.5 Å². The van der Waals surface area contributed by atoms with E-state index >= 15 is 0 Å². The number of nitrogens with one attached hydrogen (secondary N) is 1. The van der Waals surface area contributed by atoms with E-state index in [0.29, 0.717) is 11.3 Å². The van der Waals surface area contributed by atoms with E-state index in [1.807, 2.05) is 31.2 Å². The summed E-state index contributed by atoms with van der Waals surface area (Å²) < 4.78 is 1.11. The number of amides is 2. The SMILES string of the molecule is CC(=O)Nc1cccc(C(=O)N(C)C(C)c2nc3ccccc3s2)c1. The Labute approximate surface area is 150 Å². The maximum absolute atomic E-state index is 12.8. The molecule has 1 unspecified atom stereocenters. The van der Waals surface area contributed by atoms with E-state index in [2.05, 4.69) is 10.3 Å². The number of thiazole rings is 1. The van der Waals surface area contributed by atoms with Crippen LogP contribution in [0.2, 0.25) is 0 Å². The van der Waals surface area contributed by atoms with E-state index in [4.69, 9.17) is 0 Å². The first-order chi connectivity index (χ1) is 12.0. The molecule has 1 atom stereocenters. The minimum atomic E-state index is -0.166. The third-order valence-corrected chi connectivity index (χ3v) is 5.21. The summed E-state index contributed by atoms with van der Waals surface area (Å²) in [6.07, 6.45) is 0. The molecule has 128 valence electrons. The van der Waals surface area contributed by atoms with Crippen LogP contribution in [0, 0.1) is 0 Å². The Hall–Kier alpha value is -2.73. The van der Waals surface area contributed by atoms with Crippen molar-refractivity contribution in [3.05, 3.63) is 59.1 Å². The molecule has 0 aliphatic carbocycles. The van der Waals surface area contributed by atoms with Crippen LogP contribution < -0.4 is 5.32 Å². The van der Waals surface area contributed by atoms with Gasteiger partial charge in [0.25, 0.3) is 5.91 Å².